The maximum Gasteiger partial charge on any atom is 0.234 e. The summed E-state index contributed by atoms with van der Waals surface area (Å²) in [4.78, 5) is 4.31. The van der Waals surface area contributed by atoms with Gasteiger partial charge in [-0.1, -0.05) is 42.5 Å². The lowest BCUT2D eigenvalue weighted by molar-refractivity contribution is -0.660. The normalized spacial score (nSPS) is 11.1. The number of fused-ring (bicyclic) bond motifs is 3. The summed E-state index contributed by atoms with van der Waals surface area (Å²) >= 11 is 0. The summed E-state index contributed by atoms with van der Waals surface area (Å²) < 4.78 is 8.55. The molecule has 4 heteroatoms. The zero-order chi connectivity index (χ0) is 20.0. The zero-order valence-electron chi connectivity index (χ0n) is 16.2. The Hall–Kier alpha value is -3.97. The van der Waals surface area contributed by atoms with Crippen LogP contribution in [-0.4, -0.2) is 4.98 Å². The van der Waals surface area contributed by atoms with Crippen LogP contribution < -0.4 is 4.57 Å². The Morgan fingerprint density at radius 3 is 2.38 bits per heavy atom. The highest BCUT2D eigenvalue weighted by Crippen LogP contribution is 2.41. The molecule has 2 aromatic heterocycles. The highest BCUT2D eigenvalue weighted by molar-refractivity contribution is 6.13. The molecule has 0 aliphatic heterocycles. The lowest BCUT2D eigenvalue weighted by atomic mass is 9.96. The van der Waals surface area contributed by atoms with E-state index in [2.05, 4.69) is 30.1 Å². The maximum atomic E-state index is 9.72. The Kier molecular flexibility index (Phi) is 3.89. The second kappa shape index (κ2) is 6.57. The summed E-state index contributed by atoms with van der Waals surface area (Å²) in [5.41, 5.74) is 7.08. The first-order valence-electron chi connectivity index (χ1n) is 9.43. The number of nitriles is 1. The number of hydrogen-bond acceptors (Lipinski definition) is 3. The van der Waals surface area contributed by atoms with Crippen molar-refractivity contribution in [3.8, 4) is 28.5 Å². The van der Waals surface area contributed by atoms with Gasteiger partial charge in [-0.25, -0.2) is 0 Å². The number of nitrogens with zero attached hydrogens (tertiary/aromatic N) is 3. The lowest BCUT2D eigenvalue weighted by Crippen LogP contribution is -2.30. The molecule has 0 bridgehead atoms. The third-order valence-corrected chi connectivity index (χ3v) is 5.41. The molecule has 0 aliphatic carbocycles. The van der Waals surface area contributed by atoms with Crippen molar-refractivity contribution in [2.45, 2.75) is 6.92 Å². The molecule has 0 aliphatic rings. The van der Waals surface area contributed by atoms with Gasteiger partial charge in [0, 0.05) is 16.3 Å². The van der Waals surface area contributed by atoms with E-state index in [1.165, 1.54) is 0 Å². The van der Waals surface area contributed by atoms with Gasteiger partial charge in [0.05, 0.1) is 29.6 Å². The first-order chi connectivity index (χ1) is 14.2. The Morgan fingerprint density at radius 1 is 0.931 bits per heavy atom. The van der Waals surface area contributed by atoms with Gasteiger partial charge in [0.1, 0.15) is 18.2 Å². The van der Waals surface area contributed by atoms with Gasteiger partial charge in [0.15, 0.2) is 6.20 Å². The van der Waals surface area contributed by atoms with E-state index in [0.29, 0.717) is 5.56 Å². The smallest absolute Gasteiger partial charge is 0.234 e. The van der Waals surface area contributed by atoms with Crippen LogP contribution >= 0.6 is 0 Å². The molecule has 29 heavy (non-hydrogen) atoms. The molecule has 2 heterocycles. The molecular formula is C25H18N3O+. The third kappa shape index (κ3) is 2.60. The number of rotatable bonds is 2. The van der Waals surface area contributed by atoms with Crippen LogP contribution in [0, 0.1) is 18.3 Å². The molecule has 5 rings (SSSR count). The van der Waals surface area contributed by atoms with Crippen LogP contribution in [0.4, 0.5) is 0 Å². The van der Waals surface area contributed by atoms with Gasteiger partial charge in [-0.15, -0.1) is 0 Å². The molecule has 4 nitrogen and oxygen atoms in total. The third-order valence-electron chi connectivity index (χ3n) is 5.41. The lowest BCUT2D eigenvalue weighted by Gasteiger charge is -2.05. The molecule has 0 atom stereocenters. The van der Waals surface area contributed by atoms with Crippen molar-refractivity contribution in [3.63, 3.8) is 0 Å². The van der Waals surface area contributed by atoms with Gasteiger partial charge < -0.3 is 4.42 Å². The molecule has 0 spiro atoms. The summed E-state index contributed by atoms with van der Waals surface area (Å²) in [6, 6.07) is 20.3. The Labute approximate surface area is 168 Å². The fourth-order valence-corrected chi connectivity index (χ4v) is 3.97. The summed E-state index contributed by atoms with van der Waals surface area (Å²) in [6.07, 6.45) is 5.55. The van der Waals surface area contributed by atoms with Crippen molar-refractivity contribution in [2.75, 3.05) is 0 Å². The zero-order valence-corrected chi connectivity index (χ0v) is 16.2. The summed E-state index contributed by atoms with van der Waals surface area (Å²) in [5.74, 6) is 0. The highest BCUT2D eigenvalue weighted by Gasteiger charge is 2.22. The quantitative estimate of drug-likeness (QED) is 0.392. The minimum Gasteiger partial charge on any atom is -0.454 e. The van der Waals surface area contributed by atoms with E-state index < -0.39 is 0 Å². The first-order valence-corrected chi connectivity index (χ1v) is 9.43. The van der Waals surface area contributed by atoms with Crippen molar-refractivity contribution in [1.82, 2.24) is 4.98 Å². The largest absolute Gasteiger partial charge is 0.454 e. The molecule has 0 radical (unpaired) electrons. The van der Waals surface area contributed by atoms with E-state index in [9.17, 15) is 5.26 Å². The van der Waals surface area contributed by atoms with Crippen molar-refractivity contribution in [3.05, 3.63) is 84.3 Å². The van der Waals surface area contributed by atoms with Crippen LogP contribution in [0.3, 0.4) is 0 Å². The molecule has 0 N–H and O–H groups in total. The molecule has 0 unspecified atom stereocenters. The van der Waals surface area contributed by atoms with Crippen molar-refractivity contribution in [1.29, 1.82) is 5.26 Å². The molecule has 5 aromatic rings. The standard InChI is InChI=1S/C25H18N3O/c1-16-8-10-19-20-11-9-18(14-26)23(17-6-4-3-5-7-17)25(20)29-24(19)22(16)21-15-27-12-13-28(21)2/h3-13,15H,1-2H3/q+1. The predicted molar refractivity (Wildman–Crippen MR) is 113 cm³/mol. The predicted octanol–water partition coefficient (Wildman–Crippen LogP) is 5.32. The van der Waals surface area contributed by atoms with Crippen LogP contribution in [-0.2, 0) is 7.05 Å². The molecule has 0 saturated carbocycles. The van der Waals surface area contributed by atoms with Crippen LogP contribution in [0.5, 0.6) is 0 Å². The van der Waals surface area contributed by atoms with E-state index in [4.69, 9.17) is 4.42 Å². The van der Waals surface area contributed by atoms with E-state index in [1.54, 1.807) is 6.20 Å². The fourth-order valence-electron chi connectivity index (χ4n) is 3.97. The minimum absolute atomic E-state index is 0.605. The van der Waals surface area contributed by atoms with E-state index in [0.717, 1.165) is 49.9 Å². The highest BCUT2D eigenvalue weighted by atomic mass is 16.3. The van der Waals surface area contributed by atoms with Gasteiger partial charge in [0.25, 0.3) is 0 Å². The van der Waals surface area contributed by atoms with Crippen molar-refractivity contribution >= 4 is 21.9 Å². The Bertz CT molecular complexity index is 1430. The second-order valence-electron chi connectivity index (χ2n) is 7.15. The number of benzene rings is 3. The second-order valence-corrected chi connectivity index (χ2v) is 7.15. The molecule has 0 amide bonds. The number of aromatic nitrogens is 2. The first kappa shape index (κ1) is 17.2. The van der Waals surface area contributed by atoms with Gasteiger partial charge in [0.2, 0.25) is 5.69 Å². The number of aryl methyl sites for hydroxylation is 2. The van der Waals surface area contributed by atoms with Crippen molar-refractivity contribution in [2.24, 2.45) is 7.05 Å². The number of hydrogen-bond donors (Lipinski definition) is 0. The van der Waals surface area contributed by atoms with E-state index in [1.807, 2.05) is 66.5 Å². The van der Waals surface area contributed by atoms with Gasteiger partial charge in [-0.05, 0) is 30.2 Å². The van der Waals surface area contributed by atoms with Gasteiger partial charge in [-0.3, -0.25) is 4.98 Å². The maximum absolute atomic E-state index is 9.72. The average Bonchev–Trinajstić information content (AvgIpc) is 3.13. The summed E-state index contributed by atoms with van der Waals surface area (Å²) in [5, 5.41) is 11.8. The fraction of sp³-hybridized carbons (Fsp3) is 0.0800. The Morgan fingerprint density at radius 2 is 1.66 bits per heavy atom. The van der Waals surface area contributed by atoms with Crippen LogP contribution in [0.25, 0.3) is 44.3 Å². The molecule has 0 fully saturated rings. The average molecular weight is 376 g/mol. The monoisotopic (exact) mass is 376 g/mol. The van der Waals surface area contributed by atoms with E-state index >= 15 is 0 Å². The number of furan rings is 1. The topological polar surface area (TPSA) is 53.7 Å². The Balaban J connectivity index is 1.94. The van der Waals surface area contributed by atoms with Crippen LogP contribution in [0.1, 0.15) is 11.1 Å². The summed E-state index contributed by atoms with van der Waals surface area (Å²) in [6.45, 7) is 2.08. The SMILES string of the molecule is Cc1ccc2c(oc3c(-c4ccccc4)c(C#N)ccc32)c1-c1cncc[n+]1C. The minimum atomic E-state index is 0.605. The molecular weight excluding hydrogens is 358 g/mol. The van der Waals surface area contributed by atoms with Crippen LogP contribution in [0.2, 0.25) is 0 Å². The van der Waals surface area contributed by atoms with Crippen molar-refractivity contribution < 1.29 is 8.98 Å². The summed E-state index contributed by atoms with van der Waals surface area (Å²) in [7, 11) is 2.00. The van der Waals surface area contributed by atoms with Gasteiger partial charge >= 0.3 is 0 Å². The molecule has 138 valence electrons. The van der Waals surface area contributed by atoms with Gasteiger partial charge in [-0.2, -0.15) is 9.83 Å². The molecule has 3 aromatic carbocycles. The van der Waals surface area contributed by atoms with Crippen LogP contribution in [0.15, 0.2) is 77.6 Å². The van der Waals surface area contributed by atoms with E-state index in [-0.39, 0.29) is 0 Å². The molecule has 0 saturated heterocycles.